The van der Waals surface area contributed by atoms with E-state index in [2.05, 4.69) is 27.4 Å². The van der Waals surface area contributed by atoms with Crippen LogP contribution in [0, 0.1) is 0 Å². The van der Waals surface area contributed by atoms with E-state index in [1.165, 1.54) is 10.9 Å². The monoisotopic (exact) mass is 279 g/mol. The Kier molecular flexibility index (Phi) is 3.96. The first kappa shape index (κ1) is 13.4. The summed E-state index contributed by atoms with van der Waals surface area (Å²) in [7, 11) is 0. The van der Waals surface area contributed by atoms with Crippen molar-refractivity contribution in [3.8, 4) is 0 Å². The first-order chi connectivity index (χ1) is 10.3. The molecule has 0 aliphatic rings. The molecule has 4 nitrogen and oxygen atoms in total. The SMILES string of the molecule is O=C(CCCc1c[nH]c2ccccc12)Nc1ccccn1. The highest BCUT2D eigenvalue weighted by Gasteiger charge is 2.06. The first-order valence-corrected chi connectivity index (χ1v) is 7.09. The molecular weight excluding hydrogens is 262 g/mol. The van der Waals surface area contributed by atoms with E-state index in [4.69, 9.17) is 0 Å². The highest BCUT2D eigenvalue weighted by atomic mass is 16.1. The van der Waals surface area contributed by atoms with Crippen LogP contribution in [0.4, 0.5) is 5.82 Å². The fraction of sp³-hybridized carbons (Fsp3) is 0.176. The fourth-order valence-electron chi connectivity index (χ4n) is 2.42. The largest absolute Gasteiger partial charge is 0.361 e. The van der Waals surface area contributed by atoms with Crippen LogP contribution in [-0.2, 0) is 11.2 Å². The number of aryl methyl sites for hydroxylation is 1. The van der Waals surface area contributed by atoms with Crippen LogP contribution in [0.15, 0.2) is 54.9 Å². The van der Waals surface area contributed by atoms with Crippen LogP contribution in [0.1, 0.15) is 18.4 Å². The van der Waals surface area contributed by atoms with Gasteiger partial charge >= 0.3 is 0 Å². The van der Waals surface area contributed by atoms with Crippen molar-refractivity contribution in [2.45, 2.75) is 19.3 Å². The Balaban J connectivity index is 1.53. The fourth-order valence-corrected chi connectivity index (χ4v) is 2.42. The van der Waals surface area contributed by atoms with Crippen molar-refractivity contribution in [1.82, 2.24) is 9.97 Å². The Bertz CT molecular complexity index is 734. The number of aromatic amines is 1. The molecule has 3 rings (SSSR count). The van der Waals surface area contributed by atoms with Crippen LogP contribution in [0.25, 0.3) is 10.9 Å². The van der Waals surface area contributed by atoms with Gasteiger partial charge in [-0.3, -0.25) is 4.79 Å². The second-order valence-corrected chi connectivity index (χ2v) is 4.98. The van der Waals surface area contributed by atoms with Gasteiger partial charge in [0, 0.05) is 29.7 Å². The quantitative estimate of drug-likeness (QED) is 0.750. The zero-order chi connectivity index (χ0) is 14.5. The van der Waals surface area contributed by atoms with E-state index in [1.54, 1.807) is 12.3 Å². The van der Waals surface area contributed by atoms with Gasteiger partial charge in [-0.2, -0.15) is 0 Å². The van der Waals surface area contributed by atoms with Crippen molar-refractivity contribution < 1.29 is 4.79 Å². The van der Waals surface area contributed by atoms with Crippen molar-refractivity contribution in [2.24, 2.45) is 0 Å². The second-order valence-electron chi connectivity index (χ2n) is 4.98. The number of para-hydroxylation sites is 1. The highest BCUT2D eigenvalue weighted by molar-refractivity contribution is 5.89. The van der Waals surface area contributed by atoms with Crippen LogP contribution in [-0.4, -0.2) is 15.9 Å². The van der Waals surface area contributed by atoms with E-state index >= 15 is 0 Å². The second kappa shape index (κ2) is 6.22. The maximum Gasteiger partial charge on any atom is 0.225 e. The normalized spacial score (nSPS) is 10.7. The number of hydrogen-bond acceptors (Lipinski definition) is 2. The molecule has 0 saturated heterocycles. The molecule has 0 saturated carbocycles. The number of nitrogens with one attached hydrogen (secondary N) is 2. The number of benzene rings is 1. The number of fused-ring (bicyclic) bond motifs is 1. The summed E-state index contributed by atoms with van der Waals surface area (Å²) >= 11 is 0. The number of anilines is 1. The third kappa shape index (κ3) is 3.28. The van der Waals surface area contributed by atoms with E-state index in [1.807, 2.05) is 30.5 Å². The van der Waals surface area contributed by atoms with Gasteiger partial charge < -0.3 is 10.3 Å². The van der Waals surface area contributed by atoms with Crippen LogP contribution < -0.4 is 5.32 Å². The number of rotatable bonds is 5. The molecule has 3 aromatic rings. The minimum Gasteiger partial charge on any atom is -0.361 e. The number of aromatic nitrogens is 2. The molecule has 0 aliphatic carbocycles. The zero-order valence-electron chi connectivity index (χ0n) is 11.7. The molecule has 0 bridgehead atoms. The Morgan fingerprint density at radius 2 is 2.00 bits per heavy atom. The molecule has 0 spiro atoms. The minimum atomic E-state index is 0.00791. The first-order valence-electron chi connectivity index (χ1n) is 7.09. The van der Waals surface area contributed by atoms with Gasteiger partial charge in [0.1, 0.15) is 5.82 Å². The van der Waals surface area contributed by atoms with Crippen molar-refractivity contribution in [2.75, 3.05) is 5.32 Å². The summed E-state index contributed by atoms with van der Waals surface area (Å²) < 4.78 is 0. The molecule has 1 aromatic carbocycles. The number of H-pyrrole nitrogens is 1. The lowest BCUT2D eigenvalue weighted by Gasteiger charge is -2.03. The molecule has 0 unspecified atom stereocenters. The molecule has 0 aliphatic heterocycles. The molecule has 0 radical (unpaired) electrons. The molecule has 2 N–H and O–H groups in total. The van der Waals surface area contributed by atoms with E-state index in [0.717, 1.165) is 18.4 Å². The molecule has 106 valence electrons. The summed E-state index contributed by atoms with van der Waals surface area (Å²) in [6, 6.07) is 13.7. The predicted octanol–water partition coefficient (Wildman–Crippen LogP) is 3.52. The molecule has 0 fully saturated rings. The molecule has 0 atom stereocenters. The number of carbonyl (C=O) groups is 1. The number of carbonyl (C=O) groups excluding carboxylic acids is 1. The lowest BCUT2D eigenvalue weighted by atomic mass is 10.1. The van der Waals surface area contributed by atoms with E-state index in [0.29, 0.717) is 12.2 Å². The smallest absolute Gasteiger partial charge is 0.225 e. The number of hydrogen-bond donors (Lipinski definition) is 2. The summed E-state index contributed by atoms with van der Waals surface area (Å²) in [5.41, 5.74) is 2.40. The van der Waals surface area contributed by atoms with Crippen molar-refractivity contribution in [3.05, 3.63) is 60.4 Å². The van der Waals surface area contributed by atoms with E-state index in [9.17, 15) is 4.79 Å². The van der Waals surface area contributed by atoms with Crippen molar-refractivity contribution in [3.63, 3.8) is 0 Å². The number of amides is 1. The summed E-state index contributed by atoms with van der Waals surface area (Å²) in [5.74, 6) is 0.614. The molecule has 4 heteroatoms. The van der Waals surface area contributed by atoms with Crippen LogP contribution in [0.2, 0.25) is 0 Å². The van der Waals surface area contributed by atoms with Crippen LogP contribution >= 0.6 is 0 Å². The van der Waals surface area contributed by atoms with Gasteiger partial charge in [0.15, 0.2) is 0 Å². The summed E-state index contributed by atoms with van der Waals surface area (Å²) in [6.45, 7) is 0. The highest BCUT2D eigenvalue weighted by Crippen LogP contribution is 2.19. The number of pyridine rings is 1. The lowest BCUT2D eigenvalue weighted by Crippen LogP contribution is -2.12. The van der Waals surface area contributed by atoms with Crippen LogP contribution in [0.5, 0.6) is 0 Å². The van der Waals surface area contributed by atoms with E-state index in [-0.39, 0.29) is 5.91 Å². The maximum atomic E-state index is 11.8. The van der Waals surface area contributed by atoms with Gasteiger partial charge in [-0.1, -0.05) is 24.3 Å². The molecule has 21 heavy (non-hydrogen) atoms. The number of nitrogens with zero attached hydrogens (tertiary/aromatic N) is 1. The van der Waals surface area contributed by atoms with Crippen LogP contribution in [0.3, 0.4) is 0 Å². The Morgan fingerprint density at radius 3 is 2.86 bits per heavy atom. The summed E-state index contributed by atoms with van der Waals surface area (Å²) in [6.07, 6.45) is 5.90. The summed E-state index contributed by atoms with van der Waals surface area (Å²) in [4.78, 5) is 19.2. The summed E-state index contributed by atoms with van der Waals surface area (Å²) in [5, 5.41) is 4.04. The van der Waals surface area contributed by atoms with Gasteiger partial charge in [0.25, 0.3) is 0 Å². The minimum absolute atomic E-state index is 0.00791. The lowest BCUT2D eigenvalue weighted by molar-refractivity contribution is -0.116. The van der Waals surface area contributed by atoms with Gasteiger partial charge in [-0.25, -0.2) is 4.98 Å². The average molecular weight is 279 g/mol. The molecular formula is C17H17N3O. The maximum absolute atomic E-state index is 11.8. The molecule has 2 aromatic heterocycles. The topological polar surface area (TPSA) is 57.8 Å². The average Bonchev–Trinajstić information content (AvgIpc) is 2.92. The van der Waals surface area contributed by atoms with Gasteiger partial charge in [-0.15, -0.1) is 0 Å². The van der Waals surface area contributed by atoms with Gasteiger partial charge in [0.2, 0.25) is 5.91 Å². The third-order valence-electron chi connectivity index (χ3n) is 3.46. The van der Waals surface area contributed by atoms with Crippen molar-refractivity contribution >= 4 is 22.6 Å². The standard InChI is InChI=1S/C17H17N3O/c21-17(20-16-9-3-4-11-18-16)10-5-6-13-12-19-15-8-2-1-7-14(13)15/h1-4,7-9,11-12,19H,5-6,10H2,(H,18,20,21). The van der Waals surface area contributed by atoms with Crippen molar-refractivity contribution in [1.29, 1.82) is 0 Å². The zero-order valence-corrected chi connectivity index (χ0v) is 11.7. The molecule has 2 heterocycles. The molecule has 1 amide bonds. The van der Waals surface area contributed by atoms with Gasteiger partial charge in [-0.05, 0) is 36.6 Å². The Hall–Kier alpha value is -2.62. The Morgan fingerprint density at radius 1 is 1.14 bits per heavy atom. The Labute approximate surface area is 123 Å². The van der Waals surface area contributed by atoms with E-state index < -0.39 is 0 Å². The predicted molar refractivity (Wildman–Crippen MR) is 84.1 cm³/mol. The van der Waals surface area contributed by atoms with Gasteiger partial charge in [0.05, 0.1) is 0 Å². The third-order valence-corrected chi connectivity index (χ3v) is 3.46.